The van der Waals surface area contributed by atoms with Crippen molar-refractivity contribution in [3.05, 3.63) is 68.5 Å². The number of aliphatic hydroxyl groups is 4. The number of hydrogen-bond donors (Lipinski definition) is 5. The molecule has 0 aromatic carbocycles. The second kappa shape index (κ2) is 28.6. The molecule has 10 rings (SSSR count). The lowest BCUT2D eigenvalue weighted by Gasteiger charge is -2.60. The molecular weight excluding hydrogens is 1240 g/mol. The Bertz CT molecular complexity index is 3030. The van der Waals surface area contributed by atoms with Gasteiger partial charge in [0.2, 0.25) is 11.3 Å². The summed E-state index contributed by atoms with van der Waals surface area (Å²) in [4.78, 5) is 80.6. The fourth-order valence-electron chi connectivity index (χ4n) is 17.4. The highest BCUT2D eigenvalue weighted by Gasteiger charge is 2.67. The van der Waals surface area contributed by atoms with Crippen LogP contribution in [0.15, 0.2) is 58.4 Å². The van der Waals surface area contributed by atoms with E-state index in [1.54, 1.807) is 33.8 Å². The van der Waals surface area contributed by atoms with Crippen molar-refractivity contribution in [1.82, 2.24) is 5.32 Å². The van der Waals surface area contributed by atoms with Gasteiger partial charge < -0.3 is 87.3 Å². The number of rotatable bonds is 15. The molecule has 0 aromatic heterocycles. The largest absolute Gasteiger partial charge is 0.511 e. The Hall–Kier alpha value is -5.07. The summed E-state index contributed by atoms with van der Waals surface area (Å²) in [5, 5.41) is 62.1. The highest BCUT2D eigenvalue weighted by Crippen LogP contribution is 2.65. The number of allylic oxidation sites excluding steroid dienone is 3. The molecule has 10 aliphatic rings. The fraction of sp³-hybridized carbons (Fsp3) is 0.783. The number of nitrogens with zero attached hydrogens (tertiary/aromatic N) is 1. The number of aldehydes is 1. The SMILES string of the molecule is COC(=O)N[C@H]1[C@@H](C)O[C@@H](CO[C@H]2C/C=C(\C)[C@]3(C)C=C[C@@H]4[C@@H](O[C@H]5C[C@@H](O[C@H]6CCC(O[C@H]7C[C@@H](O)C(O[C@H]8CC[C@@H](O)[C@H](C)O8)[C@H](C)O7)[C@H](C)O6)[C@@H](OC(C)=O)[C@H](C)O5)[C@@H](C)C[C@H](C)[C@H]4[C@]3(C)C(O)=C3C(=O)OC4(CC(C=O)=C[C@H](O)[C@H]4/C=C/2C)C3=O)C[C@]1(C)[N+](=O)[O-]. The zero-order valence-electron chi connectivity index (χ0n) is 57.1. The molecule has 5 N–H and O–H groups in total. The fourth-order valence-corrected chi connectivity index (χ4v) is 17.4. The van der Waals surface area contributed by atoms with E-state index in [9.17, 15) is 49.7 Å². The van der Waals surface area contributed by atoms with Crippen LogP contribution in [0.1, 0.15) is 154 Å². The second-order valence-electron chi connectivity index (χ2n) is 29.2. The van der Waals surface area contributed by atoms with E-state index in [0.29, 0.717) is 44.0 Å². The van der Waals surface area contributed by atoms with E-state index in [1.165, 1.54) is 19.9 Å². The summed E-state index contributed by atoms with van der Waals surface area (Å²) < 4.78 is 81.7. The van der Waals surface area contributed by atoms with Crippen LogP contribution in [0.2, 0.25) is 0 Å². The van der Waals surface area contributed by atoms with E-state index in [2.05, 4.69) is 25.2 Å². The standard InChI is InChI=1S/C69H100N2O24/c1-32-24-45-47(75)25-42(30-72)28-69(45)63(78)56(64(79)95-69)62(77)68(13)57-33(2)23-34(3)58(44(57)21-22-66(68,11)35(4)15-17-49(32)84-31-43-29-67(12,71(81)82)61(40(9)85-43)70-65(80)83-14)94-55-27-51(60(39(8)89-55)90-41(10)73)92-52-20-18-50(37(6)87-52)91-54-26-48(76)59(38(7)88-54)93-53-19-16-46(74)36(5)86-53/h15,21-22,24-25,30,33-34,36-40,43-55,57-61,74-77H,16-20,23,26-29,31H2,1-14H3,(H,70,80)/b32-24+,35-15+,62-56?/t33-,34-,36-,37-,38-,39-,40+,43+,44-,45+,46+,47-,48+,49-,50?,51+,52-,53-,54-,55-,57+,58-,59?,60-,61-,66-,67-,68+,69?/m0/s1. The highest BCUT2D eigenvalue weighted by atomic mass is 16.7. The van der Waals surface area contributed by atoms with Gasteiger partial charge in [-0.05, 0) is 109 Å². The lowest BCUT2D eigenvalue weighted by Crippen LogP contribution is -2.65. The predicted octanol–water partition coefficient (Wildman–Crippen LogP) is 6.79. The number of alkyl carbamates (subject to hydrolysis) is 1. The van der Waals surface area contributed by atoms with Gasteiger partial charge >= 0.3 is 18.0 Å². The summed E-state index contributed by atoms with van der Waals surface area (Å²) >= 11 is 0. The zero-order chi connectivity index (χ0) is 69.1. The molecule has 1 saturated carbocycles. The van der Waals surface area contributed by atoms with Crippen LogP contribution in [-0.4, -0.2) is 203 Å². The van der Waals surface area contributed by atoms with Gasteiger partial charge in [-0.3, -0.25) is 24.5 Å². The van der Waals surface area contributed by atoms with Gasteiger partial charge in [0, 0.05) is 74.0 Å². The Morgan fingerprint density at radius 1 is 0.768 bits per heavy atom. The third-order valence-corrected chi connectivity index (χ3v) is 22.8. The van der Waals surface area contributed by atoms with E-state index < -0.39 is 209 Å². The maximum atomic E-state index is 15.7. The van der Waals surface area contributed by atoms with Crippen LogP contribution in [0.3, 0.4) is 0 Å². The van der Waals surface area contributed by atoms with Gasteiger partial charge in [0.15, 0.2) is 36.9 Å². The lowest BCUT2D eigenvalue weighted by molar-refractivity contribution is -0.581. The monoisotopic (exact) mass is 1340 g/mol. The normalized spacial score (nSPS) is 47.4. The van der Waals surface area contributed by atoms with Crippen LogP contribution in [-0.2, 0) is 80.8 Å². The molecule has 3 unspecified atom stereocenters. The van der Waals surface area contributed by atoms with Crippen LogP contribution >= 0.6 is 0 Å². The molecule has 6 saturated heterocycles. The van der Waals surface area contributed by atoms with Gasteiger partial charge in [-0.25, -0.2) is 9.59 Å². The van der Waals surface area contributed by atoms with E-state index >= 15 is 4.79 Å². The number of Topliss-reactive ketones (excluding diaryl/α,β-unsaturated/α-hetero) is 1. The van der Waals surface area contributed by atoms with E-state index in [0.717, 1.165) is 12.7 Å². The van der Waals surface area contributed by atoms with Gasteiger partial charge in [-0.2, -0.15) is 0 Å². The Balaban J connectivity index is 0.906. The second-order valence-corrected chi connectivity index (χ2v) is 29.2. The summed E-state index contributed by atoms with van der Waals surface area (Å²) in [5.74, 6) is -5.72. The molecule has 95 heavy (non-hydrogen) atoms. The van der Waals surface area contributed by atoms with Gasteiger partial charge in [0.1, 0.15) is 35.9 Å². The summed E-state index contributed by atoms with van der Waals surface area (Å²) in [6.45, 7) is 23.1. The van der Waals surface area contributed by atoms with Crippen molar-refractivity contribution >= 4 is 30.1 Å². The van der Waals surface area contributed by atoms with Crippen LogP contribution in [0, 0.1) is 50.5 Å². The minimum Gasteiger partial charge on any atom is -0.511 e. The van der Waals surface area contributed by atoms with Crippen molar-refractivity contribution in [1.29, 1.82) is 0 Å². The maximum Gasteiger partial charge on any atom is 0.407 e. The molecule has 2 bridgehead atoms. The number of hydrogen-bond acceptors (Lipinski definition) is 24. The Kier molecular flexibility index (Phi) is 21.9. The number of ketones is 1. The molecule has 530 valence electrons. The van der Waals surface area contributed by atoms with Crippen LogP contribution in [0.4, 0.5) is 4.79 Å². The Labute approximate surface area is 555 Å². The number of amides is 1. The van der Waals surface area contributed by atoms with Gasteiger partial charge in [-0.15, -0.1) is 0 Å². The van der Waals surface area contributed by atoms with Crippen molar-refractivity contribution in [3.8, 4) is 0 Å². The van der Waals surface area contributed by atoms with E-state index in [1.807, 2.05) is 46.8 Å². The third-order valence-electron chi connectivity index (χ3n) is 22.8. The van der Waals surface area contributed by atoms with Crippen LogP contribution in [0.5, 0.6) is 0 Å². The predicted molar refractivity (Wildman–Crippen MR) is 335 cm³/mol. The minimum absolute atomic E-state index is 0.0125. The number of nitrogens with one attached hydrogen (secondary N) is 1. The van der Waals surface area contributed by atoms with Crippen molar-refractivity contribution < 1.29 is 111 Å². The number of nitro groups is 1. The van der Waals surface area contributed by atoms with Gasteiger partial charge in [-0.1, -0.05) is 57.6 Å². The number of aliphatic hydroxyl groups excluding tert-OH is 4. The Morgan fingerprint density at radius 2 is 1.41 bits per heavy atom. The van der Waals surface area contributed by atoms with Crippen molar-refractivity contribution in [2.45, 2.75) is 288 Å². The first-order valence-corrected chi connectivity index (χ1v) is 33.9. The molecule has 26 nitrogen and oxygen atoms in total. The van der Waals surface area contributed by atoms with Crippen LogP contribution in [0.25, 0.3) is 0 Å². The molecule has 6 heterocycles. The van der Waals surface area contributed by atoms with Crippen molar-refractivity contribution in [2.24, 2.45) is 40.4 Å². The molecule has 1 spiro atoms. The third kappa shape index (κ3) is 14.0. The molecule has 1 amide bonds. The van der Waals surface area contributed by atoms with E-state index in [4.69, 9.17) is 61.6 Å². The zero-order valence-corrected chi connectivity index (χ0v) is 57.1. The van der Waals surface area contributed by atoms with Crippen molar-refractivity contribution in [3.63, 3.8) is 0 Å². The number of carbonyl (C=O) groups excluding carboxylic acids is 5. The number of esters is 2. The molecule has 4 aliphatic carbocycles. The molecule has 6 aliphatic heterocycles. The van der Waals surface area contributed by atoms with Gasteiger partial charge in [0.05, 0.1) is 92.9 Å². The van der Waals surface area contributed by atoms with Crippen LogP contribution < -0.4 is 5.32 Å². The molecule has 26 heteroatoms. The quantitative estimate of drug-likeness (QED) is 0.0214. The van der Waals surface area contributed by atoms with E-state index in [-0.39, 0.29) is 49.7 Å². The molecule has 0 aromatic rings. The number of ether oxygens (including phenoxy) is 13. The number of fused-ring (bicyclic) bond motifs is 4. The first-order chi connectivity index (χ1) is 44.8. The topological polar surface area (TPSA) is 341 Å². The average molecular weight is 1340 g/mol. The summed E-state index contributed by atoms with van der Waals surface area (Å²) in [6, 6.07) is -1.06. The summed E-state index contributed by atoms with van der Waals surface area (Å²) in [5.41, 5.74) is -5.89. The average Bonchev–Trinajstić information content (AvgIpc) is 1.63. The molecule has 7 fully saturated rings. The summed E-state index contributed by atoms with van der Waals surface area (Å²) in [6.07, 6.45) is -3.12. The Morgan fingerprint density at radius 3 is 2.06 bits per heavy atom. The maximum absolute atomic E-state index is 15.7. The minimum atomic E-state index is -2.18. The summed E-state index contributed by atoms with van der Waals surface area (Å²) in [7, 11) is 1.16. The first kappa shape index (κ1) is 72.7. The highest BCUT2D eigenvalue weighted by molar-refractivity contribution is 6.26. The smallest absolute Gasteiger partial charge is 0.407 e. The lowest BCUT2D eigenvalue weighted by atomic mass is 9.44. The number of methoxy groups -OCH3 is 1. The number of carbonyl (C=O) groups is 5. The van der Waals surface area contributed by atoms with Gasteiger partial charge in [0.25, 0.3) is 0 Å². The molecule has 29 atom stereocenters. The first-order valence-electron chi connectivity index (χ1n) is 33.9. The van der Waals surface area contributed by atoms with Crippen molar-refractivity contribution in [2.75, 3.05) is 13.7 Å². The molecule has 0 radical (unpaired) electrons. The molecular formula is C69H100N2O24.